The molecule has 0 spiro atoms. The van der Waals surface area contributed by atoms with E-state index in [1.807, 2.05) is 46.9 Å². The highest BCUT2D eigenvalue weighted by atomic mass is 16.5. The maximum Gasteiger partial charge on any atom is 0.219 e. The average molecular weight is 522 g/mol. The number of ether oxygens (including phenoxy) is 1. The molecule has 0 saturated heterocycles. The van der Waals surface area contributed by atoms with Crippen LogP contribution in [0.5, 0.6) is 0 Å². The number of hydrogen-bond donors (Lipinski definition) is 1. The topological polar surface area (TPSA) is 44.8 Å². The van der Waals surface area contributed by atoms with Crippen molar-refractivity contribution < 1.29 is 9.53 Å². The fourth-order valence-corrected chi connectivity index (χ4v) is 2.28. The van der Waals surface area contributed by atoms with E-state index in [1.54, 1.807) is 18.9 Å². The smallest absolute Gasteiger partial charge is 0.219 e. The first-order valence-electron chi connectivity index (χ1n) is 14.8. The van der Waals surface area contributed by atoms with Crippen molar-refractivity contribution in [2.24, 2.45) is 11.8 Å². The van der Waals surface area contributed by atoms with Crippen LogP contribution >= 0.6 is 0 Å². The Morgan fingerprint density at radius 1 is 0.722 bits per heavy atom. The van der Waals surface area contributed by atoms with Gasteiger partial charge in [0, 0.05) is 33.2 Å². The van der Waals surface area contributed by atoms with E-state index in [4.69, 9.17) is 4.74 Å². The number of carbonyl (C=O) groups is 1. The highest BCUT2D eigenvalue weighted by molar-refractivity contribution is 5.73. The van der Waals surface area contributed by atoms with E-state index in [2.05, 4.69) is 74.6 Å². The Bertz CT molecular complexity index is 313. The van der Waals surface area contributed by atoms with Gasteiger partial charge in [-0.3, -0.25) is 4.79 Å². The Hall–Kier alpha value is -0.650. The van der Waals surface area contributed by atoms with Crippen LogP contribution in [-0.4, -0.2) is 76.2 Å². The van der Waals surface area contributed by atoms with Crippen molar-refractivity contribution in [3.05, 3.63) is 0 Å². The Morgan fingerprint density at radius 2 is 1.03 bits per heavy atom. The normalized spacial score (nSPS) is 9.64. The predicted molar refractivity (Wildman–Crippen MR) is 168 cm³/mol. The molecule has 0 radical (unpaired) electrons. The van der Waals surface area contributed by atoms with E-state index < -0.39 is 0 Å². The molecule has 1 N–H and O–H groups in total. The second-order valence-corrected chi connectivity index (χ2v) is 10.2. The summed E-state index contributed by atoms with van der Waals surface area (Å²) in [6.07, 6.45) is 7.90. The van der Waals surface area contributed by atoms with Crippen LogP contribution < -0.4 is 5.32 Å². The van der Waals surface area contributed by atoms with Crippen molar-refractivity contribution in [3.8, 4) is 0 Å². The molecule has 0 aliphatic heterocycles. The maximum absolute atomic E-state index is 10.5. The van der Waals surface area contributed by atoms with Gasteiger partial charge in [0.15, 0.2) is 0 Å². The average Bonchev–Trinajstić information content (AvgIpc) is 2.82. The quantitative estimate of drug-likeness (QED) is 0.313. The van der Waals surface area contributed by atoms with Crippen LogP contribution in [0.1, 0.15) is 129 Å². The molecule has 5 heteroatoms. The van der Waals surface area contributed by atoms with E-state index in [-0.39, 0.29) is 5.91 Å². The lowest BCUT2D eigenvalue weighted by molar-refractivity contribution is -0.128. The molecule has 0 unspecified atom stereocenters. The van der Waals surface area contributed by atoms with Gasteiger partial charge in [0.05, 0.1) is 6.10 Å². The van der Waals surface area contributed by atoms with E-state index in [0.717, 1.165) is 43.8 Å². The van der Waals surface area contributed by atoms with E-state index in [9.17, 15) is 4.79 Å². The van der Waals surface area contributed by atoms with Gasteiger partial charge in [-0.2, -0.15) is 0 Å². The molecule has 0 aliphatic rings. The Labute approximate surface area is 231 Å². The van der Waals surface area contributed by atoms with Crippen molar-refractivity contribution >= 4 is 5.91 Å². The summed E-state index contributed by atoms with van der Waals surface area (Å²) in [5.74, 6) is 1.93. The number of carbonyl (C=O) groups excluding carboxylic acids is 1. The molecule has 0 aromatic heterocycles. The van der Waals surface area contributed by atoms with Crippen molar-refractivity contribution in [2.75, 3.05) is 48.4 Å². The fourth-order valence-electron chi connectivity index (χ4n) is 2.28. The fraction of sp³-hybridized carbons (Fsp3) is 0.968. The summed E-state index contributed by atoms with van der Waals surface area (Å²) in [6.45, 7) is 29.1. The molecule has 36 heavy (non-hydrogen) atoms. The number of nitrogens with one attached hydrogen (secondary N) is 1. The zero-order chi connectivity index (χ0) is 30.1. The summed E-state index contributed by atoms with van der Waals surface area (Å²) >= 11 is 0. The maximum atomic E-state index is 10.5. The Balaban J connectivity index is -0.0000000763. The van der Waals surface area contributed by atoms with Crippen molar-refractivity contribution in [3.63, 3.8) is 0 Å². The van der Waals surface area contributed by atoms with Crippen LogP contribution in [0.3, 0.4) is 0 Å². The third-order valence-electron chi connectivity index (χ3n) is 5.24. The molecule has 5 nitrogen and oxygen atoms in total. The largest absolute Gasteiger partial charge is 0.381 e. The second kappa shape index (κ2) is 41.5. The minimum Gasteiger partial charge on any atom is -0.381 e. The number of rotatable bonds is 10. The first kappa shape index (κ1) is 48.4. The van der Waals surface area contributed by atoms with Crippen LogP contribution in [0.2, 0.25) is 0 Å². The van der Waals surface area contributed by atoms with Gasteiger partial charge in [0.2, 0.25) is 5.91 Å². The molecule has 0 fully saturated rings. The number of amides is 1. The van der Waals surface area contributed by atoms with Crippen molar-refractivity contribution in [2.45, 2.75) is 141 Å². The Kier molecular flexibility index (Phi) is 55.8. The van der Waals surface area contributed by atoms with E-state index >= 15 is 0 Å². The molecule has 1 amide bonds. The molecule has 226 valence electrons. The molecule has 0 heterocycles. The van der Waals surface area contributed by atoms with Gasteiger partial charge in [-0.25, -0.2) is 0 Å². The minimum absolute atomic E-state index is 0.162. The SMILES string of the molecule is CC(C)C.CCC(C)CC.CCC(CC)NC.CCC(CC)OC.CCN(CC)C(C)=O.CN(C)C. The summed E-state index contributed by atoms with van der Waals surface area (Å²) in [4.78, 5) is 14.3. The van der Waals surface area contributed by atoms with Crippen molar-refractivity contribution in [1.29, 1.82) is 0 Å². The Morgan fingerprint density at radius 3 is 1.03 bits per heavy atom. The van der Waals surface area contributed by atoms with Gasteiger partial charge < -0.3 is 19.9 Å². The number of hydrogen-bond acceptors (Lipinski definition) is 4. The zero-order valence-electron chi connectivity index (χ0n) is 28.7. The van der Waals surface area contributed by atoms with Gasteiger partial charge in [0.1, 0.15) is 0 Å². The molecular formula is C31H75N3O2. The molecule has 0 rings (SSSR count). The van der Waals surface area contributed by atoms with E-state index in [0.29, 0.717) is 6.10 Å². The summed E-state index contributed by atoms with van der Waals surface area (Å²) in [5, 5.41) is 3.20. The summed E-state index contributed by atoms with van der Waals surface area (Å²) in [5.41, 5.74) is 0. The summed E-state index contributed by atoms with van der Waals surface area (Å²) in [6, 6.07) is 0.736. The van der Waals surface area contributed by atoms with Gasteiger partial charge in [-0.05, 0) is 79.6 Å². The van der Waals surface area contributed by atoms with Crippen LogP contribution in [0.4, 0.5) is 0 Å². The first-order chi connectivity index (χ1) is 16.7. The third-order valence-corrected chi connectivity index (χ3v) is 5.24. The molecule has 0 saturated carbocycles. The molecule has 0 aliphatic carbocycles. The summed E-state index contributed by atoms with van der Waals surface area (Å²) < 4.78 is 5.05. The lowest BCUT2D eigenvalue weighted by Gasteiger charge is -2.14. The molecule has 0 aromatic rings. The van der Waals surface area contributed by atoms with Crippen LogP contribution in [-0.2, 0) is 9.53 Å². The van der Waals surface area contributed by atoms with E-state index in [1.165, 1.54) is 25.7 Å². The molecular weight excluding hydrogens is 446 g/mol. The van der Waals surface area contributed by atoms with Crippen molar-refractivity contribution in [1.82, 2.24) is 15.1 Å². The zero-order valence-corrected chi connectivity index (χ0v) is 28.7. The highest BCUT2D eigenvalue weighted by Gasteiger charge is 1.99. The number of nitrogens with zero attached hydrogens (tertiary/aromatic N) is 2. The van der Waals surface area contributed by atoms with Gasteiger partial charge >= 0.3 is 0 Å². The van der Waals surface area contributed by atoms with Crippen LogP contribution in [0, 0.1) is 11.8 Å². The first-order valence-corrected chi connectivity index (χ1v) is 14.8. The number of methoxy groups -OCH3 is 1. The van der Waals surface area contributed by atoms with Gasteiger partial charge in [-0.15, -0.1) is 0 Å². The lowest BCUT2D eigenvalue weighted by Crippen LogP contribution is -2.27. The predicted octanol–water partition coefficient (Wildman–Crippen LogP) is 8.37. The summed E-state index contributed by atoms with van der Waals surface area (Å²) in [7, 11) is 9.77. The molecule has 0 aromatic carbocycles. The molecule has 0 atom stereocenters. The minimum atomic E-state index is 0.162. The van der Waals surface area contributed by atoms with Gasteiger partial charge in [-0.1, -0.05) is 82.1 Å². The van der Waals surface area contributed by atoms with Gasteiger partial charge in [0.25, 0.3) is 0 Å². The third kappa shape index (κ3) is 64.0. The van der Waals surface area contributed by atoms with Crippen LogP contribution in [0.25, 0.3) is 0 Å². The standard InChI is InChI=1S/C6H13NO.C6H15N.C6H14O.C6H14.C4H10.C3H9N/c1-4-7(5-2)6(3)8;2*1-4-6(5-2)7-3;1-4-6(3)5-2;2*1-4(2)3/h4-5H2,1-3H3;6-7H,4-5H2,1-3H3;6H,4-5H2,1-3H3;6H,4-5H2,1-3H3;4H,1-3H3;1-3H3. The second-order valence-electron chi connectivity index (χ2n) is 10.2. The van der Waals surface area contributed by atoms with Crippen LogP contribution in [0.15, 0.2) is 0 Å². The highest BCUT2D eigenvalue weighted by Crippen LogP contribution is 2.03. The lowest BCUT2D eigenvalue weighted by atomic mass is 10.1. The monoisotopic (exact) mass is 522 g/mol. The molecule has 0 bridgehead atoms.